The molecule has 1 amide bonds. The van der Waals surface area contributed by atoms with Crippen LogP contribution in [0, 0.1) is 0 Å². The van der Waals surface area contributed by atoms with Crippen molar-refractivity contribution < 1.29 is 13.2 Å². The lowest BCUT2D eigenvalue weighted by Gasteiger charge is -2.25. The maximum absolute atomic E-state index is 12.7. The number of para-hydroxylation sites is 2. The second kappa shape index (κ2) is 10.1. The number of hydrogen-bond donors (Lipinski definition) is 1. The summed E-state index contributed by atoms with van der Waals surface area (Å²) in [6, 6.07) is 14.7. The monoisotopic (exact) mass is 472 g/mol. The SMILES string of the molecule is CCn1c(SCC(=O)NCc2ccc(S(=O)(=O)N3CCCCC3)cc2)nc2ccccc21. The van der Waals surface area contributed by atoms with Gasteiger partial charge in [-0.3, -0.25) is 4.79 Å². The van der Waals surface area contributed by atoms with Crippen molar-refractivity contribution in [1.82, 2.24) is 19.2 Å². The average molecular weight is 473 g/mol. The number of sulfonamides is 1. The summed E-state index contributed by atoms with van der Waals surface area (Å²) in [4.78, 5) is 17.3. The fraction of sp³-hybridized carbons (Fsp3) is 0.391. The molecule has 9 heteroatoms. The van der Waals surface area contributed by atoms with Gasteiger partial charge in [-0.05, 0) is 49.6 Å². The standard InChI is InChI=1S/C23H28N4O3S2/c1-2-27-21-9-5-4-8-20(21)25-23(27)31-17-22(28)24-16-18-10-12-19(13-11-18)32(29,30)26-14-6-3-7-15-26/h4-5,8-13H,2-3,6-7,14-17H2,1H3,(H,24,28). The van der Waals surface area contributed by atoms with E-state index in [-0.39, 0.29) is 11.7 Å². The van der Waals surface area contributed by atoms with E-state index in [1.54, 1.807) is 28.6 Å². The van der Waals surface area contributed by atoms with Crippen LogP contribution in [0.2, 0.25) is 0 Å². The summed E-state index contributed by atoms with van der Waals surface area (Å²) in [7, 11) is -3.43. The molecule has 0 radical (unpaired) electrons. The number of imidazole rings is 1. The van der Waals surface area contributed by atoms with Gasteiger partial charge in [0.2, 0.25) is 15.9 Å². The van der Waals surface area contributed by atoms with Crippen LogP contribution < -0.4 is 5.32 Å². The quantitative estimate of drug-likeness (QED) is 0.506. The van der Waals surface area contributed by atoms with Gasteiger partial charge in [0.05, 0.1) is 21.7 Å². The highest BCUT2D eigenvalue weighted by Gasteiger charge is 2.25. The highest BCUT2D eigenvalue weighted by Crippen LogP contribution is 2.24. The highest BCUT2D eigenvalue weighted by molar-refractivity contribution is 7.99. The molecular weight excluding hydrogens is 444 g/mol. The van der Waals surface area contributed by atoms with Crippen LogP contribution in [0.3, 0.4) is 0 Å². The summed E-state index contributed by atoms with van der Waals surface area (Å²) < 4.78 is 29.2. The lowest BCUT2D eigenvalue weighted by atomic mass is 10.2. The van der Waals surface area contributed by atoms with Gasteiger partial charge in [-0.1, -0.05) is 42.4 Å². The summed E-state index contributed by atoms with van der Waals surface area (Å²) in [6.45, 7) is 4.38. The molecular formula is C23H28N4O3S2. The van der Waals surface area contributed by atoms with Gasteiger partial charge in [-0.25, -0.2) is 13.4 Å². The zero-order valence-corrected chi connectivity index (χ0v) is 19.8. The molecule has 1 saturated heterocycles. The molecule has 0 atom stereocenters. The van der Waals surface area contributed by atoms with E-state index in [2.05, 4.69) is 21.8 Å². The first-order chi connectivity index (χ1) is 15.5. The number of nitrogens with one attached hydrogen (secondary N) is 1. The lowest BCUT2D eigenvalue weighted by Crippen LogP contribution is -2.35. The van der Waals surface area contributed by atoms with Crippen LogP contribution in [-0.2, 0) is 27.9 Å². The zero-order valence-electron chi connectivity index (χ0n) is 18.2. The summed E-state index contributed by atoms with van der Waals surface area (Å²) in [5.41, 5.74) is 2.86. The fourth-order valence-electron chi connectivity index (χ4n) is 3.88. The molecule has 1 aliphatic heterocycles. The van der Waals surface area contributed by atoms with Crippen molar-refractivity contribution in [3.8, 4) is 0 Å². The molecule has 0 aliphatic carbocycles. The van der Waals surface area contributed by atoms with E-state index in [4.69, 9.17) is 0 Å². The van der Waals surface area contributed by atoms with Crippen molar-refractivity contribution in [3.63, 3.8) is 0 Å². The number of rotatable bonds is 8. The van der Waals surface area contributed by atoms with E-state index in [1.807, 2.05) is 24.3 Å². The van der Waals surface area contributed by atoms with E-state index < -0.39 is 10.0 Å². The van der Waals surface area contributed by atoms with Crippen LogP contribution >= 0.6 is 11.8 Å². The molecule has 32 heavy (non-hydrogen) atoms. The first-order valence-electron chi connectivity index (χ1n) is 10.9. The number of hydrogen-bond acceptors (Lipinski definition) is 5. The number of carbonyl (C=O) groups excluding carboxylic acids is 1. The minimum atomic E-state index is -3.43. The number of nitrogens with zero attached hydrogens (tertiary/aromatic N) is 3. The van der Waals surface area contributed by atoms with Crippen molar-refractivity contribution in [2.75, 3.05) is 18.8 Å². The molecule has 0 saturated carbocycles. The third-order valence-corrected chi connectivity index (χ3v) is 8.52. The number of thioether (sulfide) groups is 1. The van der Waals surface area contributed by atoms with Crippen LogP contribution in [0.25, 0.3) is 11.0 Å². The minimum Gasteiger partial charge on any atom is -0.351 e. The van der Waals surface area contributed by atoms with Gasteiger partial charge >= 0.3 is 0 Å². The molecule has 0 spiro atoms. The van der Waals surface area contributed by atoms with Crippen LogP contribution in [0.1, 0.15) is 31.7 Å². The molecule has 0 unspecified atom stereocenters. The number of aryl methyl sites for hydroxylation is 1. The van der Waals surface area contributed by atoms with E-state index in [9.17, 15) is 13.2 Å². The molecule has 170 valence electrons. The first-order valence-corrected chi connectivity index (χ1v) is 13.4. The second-order valence-corrected chi connectivity index (χ2v) is 10.7. The molecule has 2 heterocycles. The Morgan fingerprint density at radius 1 is 1.06 bits per heavy atom. The molecule has 3 aromatic rings. The Labute approximate surface area is 193 Å². The van der Waals surface area contributed by atoms with Gasteiger partial charge in [0.1, 0.15) is 0 Å². The number of carbonyl (C=O) groups is 1. The zero-order chi connectivity index (χ0) is 22.6. The van der Waals surface area contributed by atoms with Crippen LogP contribution in [0.15, 0.2) is 58.6 Å². The van der Waals surface area contributed by atoms with Crippen LogP contribution in [-0.4, -0.2) is 47.0 Å². The van der Waals surface area contributed by atoms with Gasteiger partial charge in [0.25, 0.3) is 0 Å². The van der Waals surface area contributed by atoms with E-state index in [1.165, 1.54) is 11.8 Å². The molecule has 1 aromatic heterocycles. The average Bonchev–Trinajstić information content (AvgIpc) is 3.19. The highest BCUT2D eigenvalue weighted by atomic mass is 32.2. The second-order valence-electron chi connectivity index (χ2n) is 7.80. The number of piperidine rings is 1. The number of aromatic nitrogens is 2. The Bertz CT molecular complexity index is 1180. The van der Waals surface area contributed by atoms with Gasteiger partial charge in [0, 0.05) is 26.2 Å². The molecule has 0 bridgehead atoms. The summed E-state index contributed by atoms with van der Waals surface area (Å²) in [6.07, 6.45) is 2.91. The largest absolute Gasteiger partial charge is 0.351 e. The predicted molar refractivity (Wildman–Crippen MR) is 127 cm³/mol. The summed E-state index contributed by atoms with van der Waals surface area (Å²) >= 11 is 1.42. The molecule has 1 fully saturated rings. The lowest BCUT2D eigenvalue weighted by molar-refractivity contribution is -0.118. The van der Waals surface area contributed by atoms with Crippen molar-refractivity contribution in [1.29, 1.82) is 0 Å². The van der Waals surface area contributed by atoms with Crippen LogP contribution in [0.5, 0.6) is 0 Å². The Hall–Kier alpha value is -2.36. The normalized spacial score (nSPS) is 15.2. The number of benzene rings is 2. The Morgan fingerprint density at radius 3 is 2.50 bits per heavy atom. The predicted octanol–water partition coefficient (Wildman–Crippen LogP) is 3.64. The summed E-state index contributed by atoms with van der Waals surface area (Å²) in [5, 5.41) is 3.74. The summed E-state index contributed by atoms with van der Waals surface area (Å²) in [5.74, 6) is 0.180. The maximum Gasteiger partial charge on any atom is 0.243 e. The Balaban J connectivity index is 1.32. The molecule has 4 rings (SSSR count). The maximum atomic E-state index is 12.7. The van der Waals surface area contributed by atoms with E-state index in [0.29, 0.717) is 24.5 Å². The molecule has 1 aliphatic rings. The van der Waals surface area contributed by atoms with Crippen molar-refractivity contribution in [2.45, 2.75) is 49.3 Å². The Kier molecular flexibility index (Phi) is 7.17. The topological polar surface area (TPSA) is 84.3 Å². The third kappa shape index (κ3) is 5.00. The molecule has 2 aromatic carbocycles. The smallest absolute Gasteiger partial charge is 0.243 e. The van der Waals surface area contributed by atoms with Crippen molar-refractivity contribution in [3.05, 3.63) is 54.1 Å². The molecule has 7 nitrogen and oxygen atoms in total. The van der Waals surface area contributed by atoms with E-state index >= 15 is 0 Å². The van der Waals surface area contributed by atoms with Gasteiger partial charge in [-0.2, -0.15) is 4.31 Å². The third-order valence-electron chi connectivity index (χ3n) is 5.63. The van der Waals surface area contributed by atoms with Gasteiger partial charge in [-0.15, -0.1) is 0 Å². The van der Waals surface area contributed by atoms with Gasteiger partial charge < -0.3 is 9.88 Å². The van der Waals surface area contributed by atoms with Crippen molar-refractivity contribution in [2.24, 2.45) is 0 Å². The first kappa shape index (κ1) is 22.8. The van der Waals surface area contributed by atoms with Crippen LogP contribution in [0.4, 0.5) is 0 Å². The van der Waals surface area contributed by atoms with E-state index in [0.717, 1.165) is 47.6 Å². The van der Waals surface area contributed by atoms with Crippen molar-refractivity contribution >= 4 is 38.7 Å². The molecule has 1 N–H and O–H groups in total. The Morgan fingerprint density at radius 2 is 1.78 bits per heavy atom. The minimum absolute atomic E-state index is 0.0882. The fourth-order valence-corrected chi connectivity index (χ4v) is 6.31. The number of amides is 1. The van der Waals surface area contributed by atoms with Gasteiger partial charge in [0.15, 0.2) is 5.16 Å². The number of fused-ring (bicyclic) bond motifs is 1.